The molecule has 0 N–H and O–H groups in total. The van der Waals surface area contributed by atoms with Crippen molar-refractivity contribution >= 4 is 27.7 Å². The van der Waals surface area contributed by atoms with Crippen molar-refractivity contribution in [3.05, 3.63) is 18.2 Å². The number of ether oxygens (including phenoxy) is 2. The zero-order valence-corrected chi connectivity index (χ0v) is 18.1. The molecule has 0 aromatic heterocycles. The summed E-state index contributed by atoms with van der Waals surface area (Å²) < 4.78 is 38.7. The van der Waals surface area contributed by atoms with Gasteiger partial charge in [-0.25, -0.2) is 8.42 Å². The van der Waals surface area contributed by atoms with E-state index in [9.17, 15) is 22.8 Å². The van der Waals surface area contributed by atoms with Crippen LogP contribution in [0.2, 0.25) is 0 Å². The number of rotatable bonds is 4. The molecule has 0 unspecified atom stereocenters. The number of benzene rings is 1. The molecule has 3 heterocycles. The first-order valence-corrected chi connectivity index (χ1v) is 11.8. The van der Waals surface area contributed by atoms with Gasteiger partial charge in [0.1, 0.15) is 6.04 Å². The van der Waals surface area contributed by atoms with E-state index >= 15 is 0 Å². The van der Waals surface area contributed by atoms with Crippen molar-refractivity contribution in [1.29, 1.82) is 0 Å². The third kappa shape index (κ3) is 4.11. The predicted octanol–water partition coefficient (Wildman–Crippen LogP) is 0.218. The van der Waals surface area contributed by atoms with Gasteiger partial charge < -0.3 is 14.4 Å². The Balaban J connectivity index is 1.42. The van der Waals surface area contributed by atoms with Gasteiger partial charge in [-0.15, -0.1) is 0 Å². The number of sulfonamides is 1. The van der Waals surface area contributed by atoms with Crippen LogP contribution in [0.4, 0.5) is 0 Å². The van der Waals surface area contributed by atoms with E-state index in [1.807, 2.05) is 0 Å². The molecule has 10 nitrogen and oxygen atoms in total. The van der Waals surface area contributed by atoms with Crippen LogP contribution in [0.1, 0.15) is 26.2 Å². The molecule has 1 atom stereocenters. The quantitative estimate of drug-likeness (QED) is 0.602. The highest BCUT2D eigenvalue weighted by molar-refractivity contribution is 7.89. The van der Waals surface area contributed by atoms with E-state index in [1.165, 1.54) is 28.3 Å². The molecule has 11 heteroatoms. The van der Waals surface area contributed by atoms with E-state index in [0.717, 1.165) is 11.3 Å². The Morgan fingerprint density at radius 1 is 0.968 bits per heavy atom. The maximum atomic E-state index is 13.1. The first-order chi connectivity index (χ1) is 14.8. The molecule has 0 aliphatic carbocycles. The fourth-order valence-electron chi connectivity index (χ4n) is 4.00. The number of hydrogen-bond acceptors (Lipinski definition) is 7. The highest BCUT2D eigenvalue weighted by atomic mass is 32.2. The summed E-state index contributed by atoms with van der Waals surface area (Å²) in [5.41, 5.74) is 0. The molecular weight excluding hydrogens is 426 g/mol. The van der Waals surface area contributed by atoms with Gasteiger partial charge in [0.25, 0.3) is 0 Å². The number of carbonyl (C=O) groups is 3. The molecule has 1 aromatic rings. The Kier molecular flexibility index (Phi) is 5.89. The molecule has 1 aromatic carbocycles. The van der Waals surface area contributed by atoms with E-state index in [1.54, 1.807) is 6.07 Å². The second-order valence-electron chi connectivity index (χ2n) is 7.72. The van der Waals surface area contributed by atoms with Gasteiger partial charge in [0.05, 0.1) is 18.1 Å². The fraction of sp³-hybridized carbons (Fsp3) is 0.550. The highest BCUT2D eigenvalue weighted by Crippen LogP contribution is 2.33. The van der Waals surface area contributed by atoms with Gasteiger partial charge in [-0.1, -0.05) is 0 Å². The Bertz CT molecular complexity index is 986. The van der Waals surface area contributed by atoms with Crippen molar-refractivity contribution in [1.82, 2.24) is 14.1 Å². The lowest BCUT2D eigenvalue weighted by molar-refractivity contribution is -0.150. The molecule has 2 saturated heterocycles. The summed E-state index contributed by atoms with van der Waals surface area (Å²) in [6, 6.07) is 3.68. The molecule has 0 radical (unpaired) electrons. The summed E-state index contributed by atoms with van der Waals surface area (Å²) >= 11 is 0. The third-order valence-corrected chi connectivity index (χ3v) is 7.64. The van der Waals surface area contributed by atoms with Crippen molar-refractivity contribution in [2.75, 3.05) is 39.4 Å². The SMILES string of the molecule is C[C@H](C(=O)N1CCN(S(=O)(=O)c2ccc3c(c2)OCCCO3)CC1)N1C(=O)CCC1=O. The van der Waals surface area contributed by atoms with E-state index in [2.05, 4.69) is 0 Å². The number of imide groups is 1. The summed E-state index contributed by atoms with van der Waals surface area (Å²) in [6.45, 7) is 3.12. The molecule has 3 aliphatic heterocycles. The van der Waals surface area contributed by atoms with Gasteiger partial charge in [-0.2, -0.15) is 4.31 Å². The topological polar surface area (TPSA) is 114 Å². The van der Waals surface area contributed by atoms with Crippen LogP contribution in [0.3, 0.4) is 0 Å². The van der Waals surface area contributed by atoms with Gasteiger partial charge in [-0.05, 0) is 19.1 Å². The maximum absolute atomic E-state index is 13.1. The molecule has 168 valence electrons. The van der Waals surface area contributed by atoms with Crippen LogP contribution in [0.5, 0.6) is 11.5 Å². The molecule has 31 heavy (non-hydrogen) atoms. The third-order valence-electron chi connectivity index (χ3n) is 5.74. The van der Waals surface area contributed by atoms with Crippen LogP contribution < -0.4 is 9.47 Å². The minimum atomic E-state index is -3.77. The minimum Gasteiger partial charge on any atom is -0.490 e. The molecule has 3 amide bonds. The minimum absolute atomic E-state index is 0.109. The number of hydrogen-bond donors (Lipinski definition) is 0. The molecule has 0 spiro atoms. The normalized spacial score (nSPS) is 21.2. The molecule has 0 saturated carbocycles. The summed E-state index contributed by atoms with van der Waals surface area (Å²) in [5.74, 6) is -0.118. The monoisotopic (exact) mass is 451 g/mol. The Labute approximate surface area is 180 Å². The first-order valence-electron chi connectivity index (χ1n) is 10.3. The predicted molar refractivity (Wildman–Crippen MR) is 108 cm³/mol. The smallest absolute Gasteiger partial charge is 0.245 e. The van der Waals surface area contributed by atoms with Crippen LogP contribution in [-0.2, 0) is 24.4 Å². The van der Waals surface area contributed by atoms with Crippen molar-refractivity contribution < 1.29 is 32.3 Å². The molecule has 3 aliphatic rings. The Hall–Kier alpha value is -2.66. The number of likely N-dealkylation sites (tertiary alicyclic amines) is 1. The second-order valence-corrected chi connectivity index (χ2v) is 9.66. The standard InChI is InChI=1S/C20H25N3O7S/c1-14(23-18(24)5-6-19(23)25)20(26)21-7-9-22(10-8-21)31(27,28)15-3-4-16-17(13-15)30-12-2-11-29-16/h3-4,13-14H,2,5-12H2,1H3/t14-/m1/s1. The summed E-state index contributed by atoms with van der Waals surface area (Å²) in [6.07, 6.45) is 0.968. The molecular formula is C20H25N3O7S. The lowest BCUT2D eigenvalue weighted by atomic mass is 10.2. The van der Waals surface area contributed by atoms with Crippen LogP contribution in [0.25, 0.3) is 0 Å². The number of piperazine rings is 1. The zero-order chi connectivity index (χ0) is 22.2. The van der Waals surface area contributed by atoms with Crippen molar-refractivity contribution in [2.45, 2.75) is 37.1 Å². The number of amides is 3. The van der Waals surface area contributed by atoms with Gasteiger partial charge in [0, 0.05) is 51.5 Å². The van der Waals surface area contributed by atoms with Crippen LogP contribution in [0, 0.1) is 0 Å². The van der Waals surface area contributed by atoms with Crippen LogP contribution >= 0.6 is 0 Å². The van der Waals surface area contributed by atoms with Gasteiger partial charge in [0.15, 0.2) is 11.5 Å². The maximum Gasteiger partial charge on any atom is 0.245 e. The largest absolute Gasteiger partial charge is 0.490 e. The lowest BCUT2D eigenvalue weighted by Crippen LogP contribution is -2.55. The Morgan fingerprint density at radius 2 is 1.58 bits per heavy atom. The summed E-state index contributed by atoms with van der Waals surface area (Å²) in [4.78, 5) is 39.2. The van der Waals surface area contributed by atoms with E-state index in [4.69, 9.17) is 9.47 Å². The second kappa shape index (κ2) is 8.46. The number of fused-ring (bicyclic) bond motifs is 1. The summed E-state index contributed by atoms with van der Waals surface area (Å²) in [5, 5.41) is 0. The lowest BCUT2D eigenvalue weighted by Gasteiger charge is -2.36. The van der Waals surface area contributed by atoms with Gasteiger partial charge >= 0.3 is 0 Å². The molecule has 4 rings (SSSR count). The highest BCUT2D eigenvalue weighted by Gasteiger charge is 2.39. The average molecular weight is 452 g/mol. The Morgan fingerprint density at radius 3 is 2.23 bits per heavy atom. The van der Waals surface area contributed by atoms with E-state index in [0.29, 0.717) is 24.7 Å². The molecule has 2 fully saturated rings. The zero-order valence-electron chi connectivity index (χ0n) is 17.3. The van der Waals surface area contributed by atoms with Gasteiger partial charge in [0.2, 0.25) is 27.7 Å². The van der Waals surface area contributed by atoms with E-state index < -0.39 is 16.1 Å². The number of nitrogens with zero attached hydrogens (tertiary/aromatic N) is 3. The molecule has 0 bridgehead atoms. The van der Waals surface area contributed by atoms with Gasteiger partial charge in [-0.3, -0.25) is 19.3 Å². The van der Waals surface area contributed by atoms with Crippen molar-refractivity contribution in [3.63, 3.8) is 0 Å². The average Bonchev–Trinajstić information content (AvgIpc) is 2.96. The fourth-order valence-corrected chi connectivity index (χ4v) is 5.44. The van der Waals surface area contributed by atoms with Crippen LogP contribution in [0.15, 0.2) is 23.1 Å². The first kappa shape index (κ1) is 21.6. The van der Waals surface area contributed by atoms with Crippen molar-refractivity contribution in [3.8, 4) is 11.5 Å². The van der Waals surface area contributed by atoms with Crippen molar-refractivity contribution in [2.24, 2.45) is 0 Å². The van der Waals surface area contributed by atoms with E-state index in [-0.39, 0.29) is 61.6 Å². The summed E-state index contributed by atoms with van der Waals surface area (Å²) in [7, 11) is -3.77. The number of carbonyl (C=O) groups excluding carboxylic acids is 3. The van der Waals surface area contributed by atoms with Crippen LogP contribution in [-0.4, -0.2) is 85.7 Å².